The second-order valence-corrected chi connectivity index (χ2v) is 7.16. The third-order valence-corrected chi connectivity index (χ3v) is 5.50. The van der Waals surface area contributed by atoms with E-state index in [1.54, 1.807) is 0 Å². The van der Waals surface area contributed by atoms with Crippen molar-refractivity contribution in [3.63, 3.8) is 0 Å². The lowest BCUT2D eigenvalue weighted by Gasteiger charge is -2.21. The summed E-state index contributed by atoms with van der Waals surface area (Å²) >= 11 is 0. The van der Waals surface area contributed by atoms with Crippen molar-refractivity contribution in [3.05, 3.63) is 6.42 Å². The zero-order chi connectivity index (χ0) is 13.2. The molecular weight excluding hydrogens is 228 g/mol. The molecule has 0 aromatic carbocycles. The lowest BCUT2D eigenvalue weighted by molar-refractivity contribution is 0.327. The molecular formula is C19H35. The van der Waals surface area contributed by atoms with Gasteiger partial charge in [-0.15, -0.1) is 0 Å². The van der Waals surface area contributed by atoms with Crippen molar-refractivity contribution in [3.8, 4) is 0 Å². The quantitative estimate of drug-likeness (QED) is 0.428. The van der Waals surface area contributed by atoms with E-state index in [-0.39, 0.29) is 0 Å². The maximum Gasteiger partial charge on any atom is -0.0386 e. The van der Waals surface area contributed by atoms with Gasteiger partial charge in [0.15, 0.2) is 0 Å². The highest BCUT2D eigenvalue weighted by molar-refractivity contribution is 4.72. The molecule has 0 spiro atoms. The molecule has 19 heavy (non-hydrogen) atoms. The van der Waals surface area contributed by atoms with Crippen molar-refractivity contribution in [2.45, 2.75) is 103 Å². The molecule has 0 aromatic heterocycles. The van der Waals surface area contributed by atoms with Crippen LogP contribution in [0.15, 0.2) is 0 Å². The van der Waals surface area contributed by atoms with Crippen LogP contribution in [0.4, 0.5) is 0 Å². The number of rotatable bonds is 8. The third kappa shape index (κ3) is 6.82. The first-order valence-corrected chi connectivity index (χ1v) is 9.27. The Morgan fingerprint density at radius 2 is 1.16 bits per heavy atom. The second kappa shape index (κ2) is 9.83. The summed E-state index contributed by atoms with van der Waals surface area (Å²) in [6, 6.07) is 0. The van der Waals surface area contributed by atoms with Crippen LogP contribution in [0.25, 0.3) is 0 Å². The van der Waals surface area contributed by atoms with E-state index in [0.717, 1.165) is 11.8 Å². The lowest BCUT2D eigenvalue weighted by Crippen LogP contribution is -2.06. The van der Waals surface area contributed by atoms with E-state index in [1.165, 1.54) is 103 Å². The van der Waals surface area contributed by atoms with Gasteiger partial charge in [0.25, 0.3) is 0 Å². The summed E-state index contributed by atoms with van der Waals surface area (Å²) in [6.45, 7) is 0. The molecule has 0 atom stereocenters. The summed E-state index contributed by atoms with van der Waals surface area (Å²) in [4.78, 5) is 0. The van der Waals surface area contributed by atoms with E-state index in [9.17, 15) is 0 Å². The van der Waals surface area contributed by atoms with Gasteiger partial charge in [-0.1, -0.05) is 96.3 Å². The van der Waals surface area contributed by atoms with Crippen molar-refractivity contribution in [2.75, 3.05) is 0 Å². The monoisotopic (exact) mass is 263 g/mol. The van der Waals surface area contributed by atoms with Gasteiger partial charge in [0, 0.05) is 0 Å². The Bertz CT molecular complexity index is 174. The highest BCUT2D eigenvalue weighted by atomic mass is 14.2. The fourth-order valence-corrected chi connectivity index (χ4v) is 4.17. The van der Waals surface area contributed by atoms with Crippen molar-refractivity contribution in [1.82, 2.24) is 0 Å². The Morgan fingerprint density at radius 1 is 0.579 bits per heavy atom. The minimum atomic E-state index is 1.08. The number of hydrogen-bond donors (Lipinski definition) is 0. The summed E-state index contributed by atoms with van der Waals surface area (Å²) in [5.41, 5.74) is 0. The molecule has 111 valence electrons. The Balaban J connectivity index is 1.35. The molecule has 2 fully saturated rings. The smallest absolute Gasteiger partial charge is 0.0386 e. The predicted molar refractivity (Wildman–Crippen MR) is 85.2 cm³/mol. The van der Waals surface area contributed by atoms with Crippen LogP contribution in [0.1, 0.15) is 103 Å². The molecule has 0 heterocycles. The molecule has 0 N–H and O–H groups in total. The first kappa shape index (κ1) is 15.4. The molecule has 0 bridgehead atoms. The molecule has 1 radical (unpaired) electrons. The fourth-order valence-electron chi connectivity index (χ4n) is 4.17. The normalized spacial score (nSPS) is 22.7. The Morgan fingerprint density at radius 3 is 1.79 bits per heavy atom. The van der Waals surface area contributed by atoms with Crippen LogP contribution < -0.4 is 0 Å². The molecule has 0 unspecified atom stereocenters. The van der Waals surface area contributed by atoms with Gasteiger partial charge in [0.05, 0.1) is 0 Å². The standard InChI is InChI=1S/C19H35/c1(2-6-12-18-14-8-4-9-15-18)3-7-13-19-16-10-5-11-17-19/h2,18-19H,1,3-17H2. The summed E-state index contributed by atoms with van der Waals surface area (Å²) in [5.74, 6) is 2.17. The number of unbranched alkanes of at least 4 members (excludes halogenated alkanes) is 4. The van der Waals surface area contributed by atoms with Gasteiger partial charge in [-0.25, -0.2) is 0 Å². The number of hydrogen-bond acceptors (Lipinski definition) is 0. The van der Waals surface area contributed by atoms with E-state index in [1.807, 2.05) is 0 Å². The van der Waals surface area contributed by atoms with Gasteiger partial charge < -0.3 is 0 Å². The van der Waals surface area contributed by atoms with Crippen molar-refractivity contribution in [1.29, 1.82) is 0 Å². The SMILES string of the molecule is [CH](CCCCC1CCCCC1)CCC1CCCCC1. The third-order valence-electron chi connectivity index (χ3n) is 5.50. The van der Waals surface area contributed by atoms with Gasteiger partial charge in [-0.3, -0.25) is 0 Å². The maximum atomic E-state index is 2.59. The largest absolute Gasteiger partial charge is 0.0533 e. The van der Waals surface area contributed by atoms with E-state index in [2.05, 4.69) is 6.42 Å². The van der Waals surface area contributed by atoms with Crippen LogP contribution in [0.5, 0.6) is 0 Å². The molecule has 2 saturated carbocycles. The first-order chi connectivity index (χ1) is 9.45. The molecule has 0 heteroatoms. The molecule has 2 aliphatic carbocycles. The summed E-state index contributed by atoms with van der Waals surface area (Å²) in [5, 5.41) is 0. The van der Waals surface area contributed by atoms with Gasteiger partial charge in [0.1, 0.15) is 0 Å². The van der Waals surface area contributed by atoms with Crippen molar-refractivity contribution in [2.24, 2.45) is 11.8 Å². The van der Waals surface area contributed by atoms with Crippen LogP contribution in [-0.4, -0.2) is 0 Å². The Hall–Kier alpha value is 0. The van der Waals surface area contributed by atoms with Gasteiger partial charge in [-0.2, -0.15) is 0 Å². The van der Waals surface area contributed by atoms with E-state index in [4.69, 9.17) is 0 Å². The second-order valence-electron chi connectivity index (χ2n) is 7.16. The molecule has 2 aliphatic rings. The highest BCUT2D eigenvalue weighted by Gasteiger charge is 2.13. The summed E-state index contributed by atoms with van der Waals surface area (Å²) < 4.78 is 0. The van der Waals surface area contributed by atoms with Crippen molar-refractivity contribution >= 4 is 0 Å². The lowest BCUT2D eigenvalue weighted by atomic mass is 9.85. The topological polar surface area (TPSA) is 0 Å². The molecule has 2 rings (SSSR count). The van der Waals surface area contributed by atoms with Crippen LogP contribution in [0, 0.1) is 18.3 Å². The summed E-state index contributed by atoms with van der Waals surface area (Å²) in [6.07, 6.45) is 26.5. The van der Waals surface area contributed by atoms with Crippen LogP contribution in [-0.2, 0) is 0 Å². The highest BCUT2D eigenvalue weighted by Crippen LogP contribution is 2.29. The van der Waals surface area contributed by atoms with E-state index < -0.39 is 0 Å². The Kier molecular flexibility index (Phi) is 7.97. The molecule has 0 aliphatic heterocycles. The average Bonchev–Trinajstić information content (AvgIpc) is 2.48. The van der Waals surface area contributed by atoms with Crippen LogP contribution in [0.3, 0.4) is 0 Å². The van der Waals surface area contributed by atoms with Crippen LogP contribution in [0.2, 0.25) is 0 Å². The Labute approximate surface area is 121 Å². The zero-order valence-electron chi connectivity index (χ0n) is 13.0. The van der Waals surface area contributed by atoms with Crippen molar-refractivity contribution < 1.29 is 0 Å². The minimum absolute atomic E-state index is 1.08. The first-order valence-electron chi connectivity index (χ1n) is 9.27. The summed E-state index contributed by atoms with van der Waals surface area (Å²) in [7, 11) is 0. The van der Waals surface area contributed by atoms with Gasteiger partial charge >= 0.3 is 0 Å². The fraction of sp³-hybridized carbons (Fsp3) is 0.947. The van der Waals surface area contributed by atoms with Gasteiger partial charge in [0.2, 0.25) is 0 Å². The molecule has 0 nitrogen and oxygen atoms in total. The zero-order valence-corrected chi connectivity index (χ0v) is 13.0. The molecule has 0 saturated heterocycles. The van der Waals surface area contributed by atoms with Gasteiger partial charge in [-0.05, 0) is 24.7 Å². The molecule has 0 aromatic rings. The minimum Gasteiger partial charge on any atom is -0.0533 e. The average molecular weight is 263 g/mol. The molecule has 0 amide bonds. The van der Waals surface area contributed by atoms with E-state index >= 15 is 0 Å². The maximum absolute atomic E-state index is 2.59. The predicted octanol–water partition coefficient (Wildman–Crippen LogP) is 6.69. The van der Waals surface area contributed by atoms with Crippen LogP contribution >= 0.6 is 0 Å². The van der Waals surface area contributed by atoms with E-state index in [0.29, 0.717) is 0 Å².